The molecule has 25 heavy (non-hydrogen) atoms. The van der Waals surface area contributed by atoms with Crippen molar-refractivity contribution in [3.05, 3.63) is 58.1 Å². The van der Waals surface area contributed by atoms with Crippen LogP contribution in [0.3, 0.4) is 0 Å². The molecule has 0 aliphatic carbocycles. The molecule has 2 aromatic rings. The summed E-state index contributed by atoms with van der Waals surface area (Å²) in [5.74, 6) is -0.0151. The highest BCUT2D eigenvalue weighted by molar-refractivity contribution is 6.36. The number of nitrogens with zero attached hydrogens (tertiary/aromatic N) is 1. The minimum Gasteiger partial charge on any atom is -0.333 e. The lowest BCUT2D eigenvalue weighted by molar-refractivity contribution is -0.117. The van der Waals surface area contributed by atoms with Crippen molar-refractivity contribution in [1.29, 1.82) is 0 Å². The molecule has 1 aliphatic rings. The van der Waals surface area contributed by atoms with Crippen LogP contribution < -0.4 is 15.5 Å². The topological polar surface area (TPSA) is 61.4 Å². The fourth-order valence-corrected chi connectivity index (χ4v) is 3.17. The van der Waals surface area contributed by atoms with Crippen molar-refractivity contribution in [2.45, 2.75) is 19.4 Å². The van der Waals surface area contributed by atoms with E-state index >= 15 is 0 Å². The second-order valence-corrected chi connectivity index (χ2v) is 6.81. The van der Waals surface area contributed by atoms with E-state index in [0.29, 0.717) is 22.3 Å². The molecule has 0 bridgehead atoms. The first-order chi connectivity index (χ1) is 11.9. The molecule has 0 radical (unpaired) electrons. The van der Waals surface area contributed by atoms with Crippen molar-refractivity contribution in [2.24, 2.45) is 0 Å². The van der Waals surface area contributed by atoms with E-state index in [9.17, 15) is 9.59 Å². The normalized spacial score (nSPS) is 16.8. The molecule has 2 aromatic carbocycles. The first-order valence-corrected chi connectivity index (χ1v) is 8.57. The number of hydrogen-bond donors (Lipinski definition) is 2. The molecular formula is C18H17Cl2N3O2. The van der Waals surface area contributed by atoms with Crippen LogP contribution >= 0.6 is 23.2 Å². The first-order valence-electron chi connectivity index (χ1n) is 7.82. The summed E-state index contributed by atoms with van der Waals surface area (Å²) in [5, 5.41) is 6.32. The summed E-state index contributed by atoms with van der Waals surface area (Å²) >= 11 is 11.9. The van der Waals surface area contributed by atoms with Gasteiger partial charge in [0.05, 0.1) is 16.8 Å². The van der Waals surface area contributed by atoms with E-state index in [-0.39, 0.29) is 18.4 Å². The van der Waals surface area contributed by atoms with Crippen LogP contribution in [-0.2, 0) is 4.79 Å². The number of halogens is 2. The minimum absolute atomic E-state index is 0.0151. The van der Waals surface area contributed by atoms with Crippen LogP contribution in [0, 0.1) is 6.92 Å². The Bertz CT molecular complexity index is 808. The molecule has 0 unspecified atom stereocenters. The Morgan fingerprint density at radius 1 is 1.16 bits per heavy atom. The van der Waals surface area contributed by atoms with Crippen molar-refractivity contribution >= 4 is 46.5 Å². The maximum absolute atomic E-state index is 12.2. The quantitative estimate of drug-likeness (QED) is 0.840. The number of anilines is 2. The maximum Gasteiger partial charge on any atom is 0.319 e. The van der Waals surface area contributed by atoms with E-state index in [0.717, 1.165) is 11.3 Å². The number of carbonyl (C=O) groups is 2. The molecule has 3 amide bonds. The van der Waals surface area contributed by atoms with Crippen molar-refractivity contribution in [1.82, 2.24) is 5.32 Å². The fourth-order valence-electron chi connectivity index (χ4n) is 2.71. The van der Waals surface area contributed by atoms with Crippen molar-refractivity contribution in [3.63, 3.8) is 0 Å². The molecule has 5 nitrogen and oxygen atoms in total. The molecule has 3 rings (SSSR count). The van der Waals surface area contributed by atoms with Crippen molar-refractivity contribution in [2.75, 3.05) is 16.8 Å². The van der Waals surface area contributed by atoms with Gasteiger partial charge in [0.25, 0.3) is 0 Å². The number of urea groups is 1. The Kier molecular flexibility index (Phi) is 5.16. The third-order valence-electron chi connectivity index (χ3n) is 3.99. The van der Waals surface area contributed by atoms with Crippen LogP contribution in [0.25, 0.3) is 0 Å². The fraction of sp³-hybridized carbons (Fsp3) is 0.222. The van der Waals surface area contributed by atoms with Gasteiger partial charge in [-0.2, -0.15) is 0 Å². The molecule has 1 aliphatic heterocycles. The average molecular weight is 378 g/mol. The lowest BCUT2D eigenvalue weighted by atomic mass is 10.2. The number of nitrogens with one attached hydrogen (secondary N) is 2. The smallest absolute Gasteiger partial charge is 0.319 e. The highest BCUT2D eigenvalue weighted by Gasteiger charge is 2.31. The van der Waals surface area contributed by atoms with Gasteiger partial charge in [0, 0.05) is 23.7 Å². The summed E-state index contributed by atoms with van der Waals surface area (Å²) in [6.07, 6.45) is 0.260. The Morgan fingerprint density at radius 2 is 1.88 bits per heavy atom. The van der Waals surface area contributed by atoms with Crippen molar-refractivity contribution < 1.29 is 9.59 Å². The van der Waals surface area contributed by atoms with Crippen LogP contribution in [-0.4, -0.2) is 24.5 Å². The van der Waals surface area contributed by atoms with Gasteiger partial charge in [-0.3, -0.25) is 4.79 Å². The maximum atomic E-state index is 12.2. The van der Waals surface area contributed by atoms with Gasteiger partial charge in [0.2, 0.25) is 5.91 Å². The number of aryl methyl sites for hydroxylation is 1. The highest BCUT2D eigenvalue weighted by atomic mass is 35.5. The first kappa shape index (κ1) is 17.6. The Morgan fingerprint density at radius 3 is 2.56 bits per heavy atom. The molecule has 1 atom stereocenters. The molecule has 130 valence electrons. The van der Waals surface area contributed by atoms with Crippen LogP contribution in [0.1, 0.15) is 12.0 Å². The number of carbonyl (C=O) groups excluding carboxylic acids is 2. The molecule has 0 saturated carbocycles. The zero-order valence-electron chi connectivity index (χ0n) is 13.6. The van der Waals surface area contributed by atoms with E-state index in [2.05, 4.69) is 10.6 Å². The van der Waals surface area contributed by atoms with Gasteiger partial charge in [-0.15, -0.1) is 0 Å². The molecular weight excluding hydrogens is 361 g/mol. The van der Waals surface area contributed by atoms with Gasteiger partial charge in [0.15, 0.2) is 0 Å². The minimum atomic E-state index is -0.409. The number of amides is 3. The van der Waals surface area contributed by atoms with E-state index in [1.165, 1.54) is 0 Å². The van der Waals surface area contributed by atoms with E-state index < -0.39 is 6.03 Å². The Hall–Kier alpha value is -2.24. The van der Waals surface area contributed by atoms with Gasteiger partial charge in [-0.25, -0.2) is 4.79 Å². The largest absolute Gasteiger partial charge is 0.333 e. The van der Waals surface area contributed by atoms with Gasteiger partial charge in [-0.1, -0.05) is 40.9 Å². The molecule has 0 spiro atoms. The second-order valence-electron chi connectivity index (χ2n) is 5.96. The molecule has 1 fully saturated rings. The predicted molar refractivity (Wildman–Crippen MR) is 101 cm³/mol. The highest BCUT2D eigenvalue weighted by Crippen LogP contribution is 2.26. The summed E-state index contributed by atoms with van der Waals surface area (Å²) in [4.78, 5) is 26.1. The lowest BCUT2D eigenvalue weighted by Crippen LogP contribution is -2.39. The SMILES string of the molecule is Cc1ccc(N2C[C@H](NC(=O)Nc3ccc(Cl)cc3Cl)CC2=O)cc1. The average Bonchev–Trinajstić information content (AvgIpc) is 2.91. The van der Waals surface area contributed by atoms with E-state index in [1.807, 2.05) is 31.2 Å². The summed E-state index contributed by atoms with van der Waals surface area (Å²) in [7, 11) is 0. The molecule has 2 N–H and O–H groups in total. The summed E-state index contributed by atoms with van der Waals surface area (Å²) in [6, 6.07) is 11.9. The second kappa shape index (κ2) is 7.33. The number of hydrogen-bond acceptors (Lipinski definition) is 2. The third-order valence-corrected chi connectivity index (χ3v) is 4.53. The molecule has 0 aromatic heterocycles. The third kappa shape index (κ3) is 4.24. The number of benzene rings is 2. The van der Waals surface area contributed by atoms with Gasteiger partial charge >= 0.3 is 6.03 Å². The Balaban J connectivity index is 1.61. The van der Waals surface area contributed by atoms with E-state index in [4.69, 9.17) is 23.2 Å². The number of rotatable bonds is 3. The van der Waals surface area contributed by atoms with Crippen LogP contribution in [0.4, 0.5) is 16.2 Å². The van der Waals surface area contributed by atoms with Gasteiger partial charge in [0.1, 0.15) is 0 Å². The lowest BCUT2D eigenvalue weighted by Gasteiger charge is -2.18. The van der Waals surface area contributed by atoms with Crippen LogP contribution in [0.2, 0.25) is 10.0 Å². The summed E-state index contributed by atoms with van der Waals surface area (Å²) in [6.45, 7) is 2.43. The van der Waals surface area contributed by atoms with Gasteiger partial charge < -0.3 is 15.5 Å². The molecule has 1 saturated heterocycles. The molecule has 7 heteroatoms. The zero-order valence-corrected chi connectivity index (χ0v) is 15.1. The van der Waals surface area contributed by atoms with Crippen LogP contribution in [0.15, 0.2) is 42.5 Å². The Labute approximate surface area is 155 Å². The van der Waals surface area contributed by atoms with Crippen LogP contribution in [0.5, 0.6) is 0 Å². The van der Waals surface area contributed by atoms with Gasteiger partial charge in [-0.05, 0) is 37.3 Å². The zero-order chi connectivity index (χ0) is 18.0. The summed E-state index contributed by atoms with van der Waals surface area (Å²) in [5.41, 5.74) is 2.42. The summed E-state index contributed by atoms with van der Waals surface area (Å²) < 4.78 is 0. The monoisotopic (exact) mass is 377 g/mol. The standard InChI is InChI=1S/C18H17Cl2N3O2/c1-11-2-5-14(6-3-11)23-10-13(9-17(23)24)21-18(25)22-16-7-4-12(19)8-15(16)20/h2-8,13H,9-10H2,1H3,(H2,21,22,25)/t13-/m1/s1. The van der Waals surface area contributed by atoms with E-state index in [1.54, 1.807) is 23.1 Å². The predicted octanol–water partition coefficient (Wildman–Crippen LogP) is 4.23. The molecule has 1 heterocycles. The van der Waals surface area contributed by atoms with Crippen molar-refractivity contribution in [3.8, 4) is 0 Å².